The maximum atomic E-state index is 12.0. The molecule has 1 fully saturated rings. The Morgan fingerprint density at radius 2 is 1.91 bits per heavy atom. The van der Waals surface area contributed by atoms with E-state index >= 15 is 0 Å². The molecule has 0 spiro atoms. The second-order valence-corrected chi connectivity index (χ2v) is 6.97. The summed E-state index contributed by atoms with van der Waals surface area (Å²) in [6.45, 7) is 0. The molecule has 2 N–H and O–H groups in total. The second-order valence-electron chi connectivity index (χ2n) is 5.60. The normalized spacial score (nSPS) is 18.7. The van der Waals surface area contributed by atoms with Gasteiger partial charge in [-0.05, 0) is 37.1 Å². The van der Waals surface area contributed by atoms with Crippen LogP contribution in [0.3, 0.4) is 0 Å². The fourth-order valence-corrected chi connectivity index (χ4v) is 3.90. The van der Waals surface area contributed by atoms with Crippen molar-refractivity contribution in [3.05, 3.63) is 24.3 Å². The average molecular weight is 317 g/mol. The first-order chi connectivity index (χ1) is 10.7. The van der Waals surface area contributed by atoms with Crippen molar-refractivity contribution in [3.8, 4) is 0 Å². The number of hydrazone groups is 1. The number of hydrogen-bond donors (Lipinski definition) is 2. The van der Waals surface area contributed by atoms with Crippen molar-refractivity contribution in [3.63, 3.8) is 0 Å². The first-order valence-electron chi connectivity index (χ1n) is 7.64. The summed E-state index contributed by atoms with van der Waals surface area (Å²) in [7, 11) is 0. The molecule has 0 radical (unpaired) electrons. The van der Waals surface area contributed by atoms with Crippen molar-refractivity contribution in [2.24, 2.45) is 5.10 Å². The molecule has 1 aliphatic heterocycles. The first-order valence-corrected chi connectivity index (χ1v) is 8.52. The van der Waals surface area contributed by atoms with Gasteiger partial charge in [-0.25, -0.2) is 5.43 Å². The predicted molar refractivity (Wildman–Crippen MR) is 88.0 cm³/mol. The van der Waals surface area contributed by atoms with Crippen molar-refractivity contribution >= 4 is 35.0 Å². The summed E-state index contributed by atoms with van der Waals surface area (Å²) >= 11 is 1.92. The summed E-state index contributed by atoms with van der Waals surface area (Å²) in [5, 5.41) is 7.35. The number of benzene rings is 1. The van der Waals surface area contributed by atoms with E-state index in [2.05, 4.69) is 15.8 Å². The van der Waals surface area contributed by atoms with Crippen LogP contribution in [0.5, 0.6) is 0 Å². The van der Waals surface area contributed by atoms with Gasteiger partial charge in [0.15, 0.2) is 0 Å². The molecule has 1 saturated carbocycles. The molecular formula is C16H19N3O2S. The number of carbonyl (C=O) groups excluding carboxylic acids is 2. The van der Waals surface area contributed by atoms with Crippen LogP contribution in [0.2, 0.25) is 0 Å². The third kappa shape index (κ3) is 3.88. The van der Waals surface area contributed by atoms with Crippen LogP contribution in [0.15, 0.2) is 34.3 Å². The van der Waals surface area contributed by atoms with Crippen LogP contribution in [0, 0.1) is 0 Å². The van der Waals surface area contributed by atoms with Gasteiger partial charge in [0.2, 0.25) is 5.91 Å². The second kappa shape index (κ2) is 6.96. The van der Waals surface area contributed by atoms with E-state index in [-0.39, 0.29) is 11.8 Å². The molecule has 2 aliphatic rings. The zero-order valence-electron chi connectivity index (χ0n) is 12.3. The number of nitrogens with one attached hydrogen (secondary N) is 2. The molecule has 0 saturated heterocycles. The Morgan fingerprint density at radius 1 is 1.18 bits per heavy atom. The number of amides is 2. The lowest BCUT2D eigenvalue weighted by molar-refractivity contribution is -0.121. The van der Waals surface area contributed by atoms with Gasteiger partial charge in [-0.2, -0.15) is 5.10 Å². The summed E-state index contributed by atoms with van der Waals surface area (Å²) in [6.07, 6.45) is 5.97. The fraction of sp³-hybridized carbons (Fsp3) is 0.438. The molecule has 0 bridgehead atoms. The van der Waals surface area contributed by atoms with Crippen LogP contribution in [-0.2, 0) is 9.59 Å². The van der Waals surface area contributed by atoms with Gasteiger partial charge in [0.1, 0.15) is 5.71 Å². The number of anilines is 1. The Balaban J connectivity index is 1.56. The minimum Gasteiger partial charge on any atom is -0.321 e. The van der Waals surface area contributed by atoms with Gasteiger partial charge in [-0.3, -0.25) is 9.59 Å². The average Bonchev–Trinajstić information content (AvgIpc) is 3.03. The van der Waals surface area contributed by atoms with E-state index in [4.69, 9.17) is 0 Å². The highest BCUT2D eigenvalue weighted by molar-refractivity contribution is 8.00. The van der Waals surface area contributed by atoms with E-state index in [0.717, 1.165) is 10.9 Å². The zero-order chi connectivity index (χ0) is 15.4. The topological polar surface area (TPSA) is 70.6 Å². The van der Waals surface area contributed by atoms with Crippen molar-refractivity contribution in [2.45, 2.75) is 48.7 Å². The first kappa shape index (κ1) is 15.1. The third-order valence-electron chi connectivity index (χ3n) is 3.88. The van der Waals surface area contributed by atoms with Gasteiger partial charge in [0.25, 0.3) is 5.91 Å². The summed E-state index contributed by atoms with van der Waals surface area (Å²) in [5.41, 5.74) is 3.45. The quantitative estimate of drug-likeness (QED) is 0.897. The molecule has 116 valence electrons. The maximum absolute atomic E-state index is 12.0. The molecule has 1 heterocycles. The van der Waals surface area contributed by atoms with Crippen LogP contribution < -0.4 is 10.7 Å². The van der Waals surface area contributed by atoms with Gasteiger partial charge < -0.3 is 5.32 Å². The number of thioether (sulfide) groups is 1. The van der Waals surface area contributed by atoms with E-state index in [1.807, 2.05) is 36.0 Å². The highest BCUT2D eigenvalue weighted by Gasteiger charge is 2.19. The summed E-state index contributed by atoms with van der Waals surface area (Å²) < 4.78 is 0. The Bertz CT molecular complexity index is 592. The lowest BCUT2D eigenvalue weighted by atomic mass is 10.1. The fourth-order valence-electron chi connectivity index (χ4n) is 2.66. The molecular weight excluding hydrogens is 298 g/mol. The smallest absolute Gasteiger partial charge is 0.271 e. The number of nitrogens with zero attached hydrogens (tertiary/aromatic N) is 1. The standard InChI is InChI=1S/C16H19N3O2S/c20-15-10-9-14(18-19-15)16(21)17-11-5-7-13(8-6-11)22-12-3-1-2-4-12/h5-8,12H,1-4,9-10H2,(H,17,21)(H,19,20). The van der Waals surface area contributed by atoms with Crippen LogP contribution in [0.4, 0.5) is 5.69 Å². The molecule has 22 heavy (non-hydrogen) atoms. The van der Waals surface area contributed by atoms with Crippen LogP contribution in [-0.4, -0.2) is 22.8 Å². The van der Waals surface area contributed by atoms with Gasteiger partial charge in [-0.1, -0.05) is 12.8 Å². The Kier molecular flexibility index (Phi) is 4.77. The van der Waals surface area contributed by atoms with E-state index < -0.39 is 0 Å². The molecule has 0 aromatic heterocycles. The molecule has 2 amide bonds. The predicted octanol–water partition coefficient (Wildman–Crippen LogP) is 2.93. The summed E-state index contributed by atoms with van der Waals surface area (Å²) in [5.74, 6) is -0.402. The molecule has 6 heteroatoms. The Morgan fingerprint density at radius 3 is 2.55 bits per heavy atom. The molecule has 1 aromatic rings. The zero-order valence-corrected chi connectivity index (χ0v) is 13.1. The van der Waals surface area contributed by atoms with Gasteiger partial charge in [-0.15, -0.1) is 11.8 Å². The molecule has 1 aliphatic carbocycles. The van der Waals surface area contributed by atoms with E-state index in [0.29, 0.717) is 18.6 Å². The lowest BCUT2D eigenvalue weighted by Crippen LogP contribution is -2.32. The molecule has 0 atom stereocenters. The van der Waals surface area contributed by atoms with Crippen LogP contribution in [0.25, 0.3) is 0 Å². The summed E-state index contributed by atoms with van der Waals surface area (Å²) in [4.78, 5) is 24.3. The molecule has 5 nitrogen and oxygen atoms in total. The Hall–Kier alpha value is -1.82. The number of hydrogen-bond acceptors (Lipinski definition) is 4. The SMILES string of the molecule is O=C1CCC(C(=O)Nc2ccc(SC3CCCC3)cc2)=NN1. The van der Waals surface area contributed by atoms with Crippen LogP contribution >= 0.6 is 11.8 Å². The minimum atomic E-state index is -0.254. The largest absolute Gasteiger partial charge is 0.321 e. The maximum Gasteiger partial charge on any atom is 0.271 e. The molecule has 0 unspecified atom stereocenters. The lowest BCUT2D eigenvalue weighted by Gasteiger charge is -2.12. The van der Waals surface area contributed by atoms with Gasteiger partial charge in [0, 0.05) is 28.7 Å². The monoisotopic (exact) mass is 317 g/mol. The van der Waals surface area contributed by atoms with Gasteiger partial charge >= 0.3 is 0 Å². The summed E-state index contributed by atoms with van der Waals surface area (Å²) in [6, 6.07) is 7.92. The van der Waals surface area contributed by atoms with Crippen molar-refractivity contribution in [1.82, 2.24) is 5.43 Å². The van der Waals surface area contributed by atoms with E-state index in [1.165, 1.54) is 30.6 Å². The molecule has 1 aromatic carbocycles. The highest BCUT2D eigenvalue weighted by Crippen LogP contribution is 2.34. The van der Waals surface area contributed by atoms with Crippen molar-refractivity contribution in [1.29, 1.82) is 0 Å². The number of rotatable bonds is 4. The minimum absolute atomic E-state index is 0.148. The highest BCUT2D eigenvalue weighted by atomic mass is 32.2. The third-order valence-corrected chi connectivity index (χ3v) is 5.23. The number of carbonyl (C=O) groups is 2. The van der Waals surface area contributed by atoms with Gasteiger partial charge in [0.05, 0.1) is 0 Å². The Labute approximate surface area is 133 Å². The van der Waals surface area contributed by atoms with Crippen molar-refractivity contribution in [2.75, 3.05) is 5.32 Å². The van der Waals surface area contributed by atoms with Crippen LogP contribution in [0.1, 0.15) is 38.5 Å². The van der Waals surface area contributed by atoms with E-state index in [1.54, 1.807) is 0 Å². The molecule has 3 rings (SSSR count). The van der Waals surface area contributed by atoms with Crippen molar-refractivity contribution < 1.29 is 9.59 Å². The van der Waals surface area contributed by atoms with E-state index in [9.17, 15) is 9.59 Å².